The van der Waals surface area contributed by atoms with Gasteiger partial charge in [-0.25, -0.2) is 0 Å². The van der Waals surface area contributed by atoms with Crippen LogP contribution in [0.25, 0.3) is 0 Å². The van der Waals surface area contributed by atoms with Gasteiger partial charge in [-0.05, 0) is 54.3 Å². The average molecular weight is 354 g/mol. The van der Waals surface area contributed by atoms with Gasteiger partial charge in [0.15, 0.2) is 5.78 Å². The summed E-state index contributed by atoms with van der Waals surface area (Å²) in [6.45, 7) is 2.73. The van der Waals surface area contributed by atoms with E-state index in [0.29, 0.717) is 26.1 Å². The first-order valence-electron chi connectivity index (χ1n) is 8.66. The maximum atomic E-state index is 11.9. The number of Topliss-reactive ketones (excluding diaryl/α,β-unsaturated/α-hetero) is 1. The van der Waals surface area contributed by atoms with E-state index in [-0.39, 0.29) is 5.78 Å². The number of ether oxygens (including phenoxy) is 3. The second kappa shape index (κ2) is 10.4. The lowest BCUT2D eigenvalue weighted by Crippen LogP contribution is -2.02. The van der Waals surface area contributed by atoms with Crippen molar-refractivity contribution in [2.24, 2.45) is 0 Å². The molecule has 0 radical (unpaired) electrons. The van der Waals surface area contributed by atoms with Gasteiger partial charge in [-0.1, -0.05) is 30.3 Å². The van der Waals surface area contributed by atoms with Gasteiger partial charge < -0.3 is 14.2 Å². The van der Waals surface area contributed by atoms with Crippen molar-refractivity contribution in [1.82, 2.24) is 0 Å². The van der Waals surface area contributed by atoms with Gasteiger partial charge in [-0.3, -0.25) is 4.79 Å². The van der Waals surface area contributed by atoms with Crippen LogP contribution in [0.2, 0.25) is 0 Å². The molecule has 0 atom stereocenters. The first kappa shape index (κ1) is 19.7. The Balaban J connectivity index is 1.81. The molecular formula is C22H26O4. The summed E-state index contributed by atoms with van der Waals surface area (Å²) in [5.41, 5.74) is 2.99. The summed E-state index contributed by atoms with van der Waals surface area (Å²) in [6.07, 6.45) is 3.31. The third-order valence-electron chi connectivity index (χ3n) is 4.09. The summed E-state index contributed by atoms with van der Waals surface area (Å²) in [5, 5.41) is 0. The van der Waals surface area contributed by atoms with E-state index in [0.717, 1.165) is 28.2 Å². The molecule has 2 rings (SSSR count). The molecule has 0 spiro atoms. The van der Waals surface area contributed by atoms with Crippen molar-refractivity contribution in [2.45, 2.75) is 26.4 Å². The smallest absolute Gasteiger partial charge is 0.155 e. The van der Waals surface area contributed by atoms with Crippen LogP contribution < -0.4 is 9.47 Å². The zero-order chi connectivity index (χ0) is 18.8. The van der Waals surface area contributed by atoms with E-state index in [9.17, 15) is 4.79 Å². The largest absolute Gasteiger partial charge is 0.497 e. The van der Waals surface area contributed by atoms with E-state index in [2.05, 4.69) is 0 Å². The standard InChI is InChI=1S/C22H26O4/c1-17(23)20(15-18-6-10-21(24-2)11-7-18)5-4-14-26-16-19-8-12-22(25-3)13-9-19/h5-13H,4,14-16H2,1-3H3/b20-5+. The monoisotopic (exact) mass is 354 g/mol. The first-order valence-corrected chi connectivity index (χ1v) is 8.66. The number of hydrogen-bond acceptors (Lipinski definition) is 4. The molecule has 0 fully saturated rings. The van der Waals surface area contributed by atoms with Crippen LogP contribution in [0, 0.1) is 0 Å². The van der Waals surface area contributed by atoms with Crippen molar-refractivity contribution in [3.05, 3.63) is 71.3 Å². The minimum atomic E-state index is 0.0935. The number of ketones is 1. The van der Waals surface area contributed by atoms with Gasteiger partial charge in [-0.2, -0.15) is 0 Å². The van der Waals surface area contributed by atoms with Crippen molar-refractivity contribution in [1.29, 1.82) is 0 Å². The fraction of sp³-hybridized carbons (Fsp3) is 0.318. The molecule has 0 aliphatic heterocycles. The predicted octanol–water partition coefficient (Wildman–Crippen LogP) is 4.37. The van der Waals surface area contributed by atoms with Crippen molar-refractivity contribution in [3.63, 3.8) is 0 Å². The van der Waals surface area contributed by atoms with Crippen LogP contribution in [0.5, 0.6) is 11.5 Å². The lowest BCUT2D eigenvalue weighted by Gasteiger charge is -2.07. The molecule has 0 saturated heterocycles. The number of rotatable bonds is 10. The Morgan fingerprint density at radius 1 is 0.885 bits per heavy atom. The normalized spacial score (nSPS) is 11.3. The van der Waals surface area contributed by atoms with Crippen LogP contribution in [0.3, 0.4) is 0 Å². The molecule has 2 aromatic rings. The van der Waals surface area contributed by atoms with Crippen LogP contribution >= 0.6 is 0 Å². The fourth-order valence-corrected chi connectivity index (χ4v) is 2.53. The molecular weight excluding hydrogens is 328 g/mol. The molecule has 26 heavy (non-hydrogen) atoms. The van der Waals surface area contributed by atoms with Gasteiger partial charge >= 0.3 is 0 Å². The number of benzene rings is 2. The molecule has 0 saturated carbocycles. The summed E-state index contributed by atoms with van der Waals surface area (Å²) in [6, 6.07) is 15.6. The molecule has 0 bridgehead atoms. The van der Waals surface area contributed by atoms with Crippen LogP contribution in [0.1, 0.15) is 24.5 Å². The molecule has 0 aromatic heterocycles. The lowest BCUT2D eigenvalue weighted by molar-refractivity contribution is -0.113. The number of methoxy groups -OCH3 is 2. The Hall–Kier alpha value is -2.59. The molecule has 2 aromatic carbocycles. The van der Waals surface area contributed by atoms with Crippen LogP contribution in [-0.2, 0) is 22.6 Å². The summed E-state index contributed by atoms with van der Waals surface area (Å²) >= 11 is 0. The molecule has 0 heterocycles. The number of carbonyl (C=O) groups excluding carboxylic acids is 1. The molecule has 0 aliphatic carbocycles. The highest BCUT2D eigenvalue weighted by atomic mass is 16.5. The van der Waals surface area contributed by atoms with Crippen LogP contribution in [0.15, 0.2) is 60.2 Å². The van der Waals surface area contributed by atoms with E-state index < -0.39 is 0 Å². The molecule has 0 unspecified atom stereocenters. The highest BCUT2D eigenvalue weighted by Gasteiger charge is 2.05. The molecule has 4 nitrogen and oxygen atoms in total. The molecule has 0 amide bonds. The highest BCUT2D eigenvalue weighted by molar-refractivity contribution is 5.93. The highest BCUT2D eigenvalue weighted by Crippen LogP contribution is 2.16. The van der Waals surface area contributed by atoms with E-state index in [4.69, 9.17) is 14.2 Å². The summed E-state index contributed by atoms with van der Waals surface area (Å²) in [7, 11) is 3.29. The van der Waals surface area contributed by atoms with E-state index in [1.165, 1.54) is 0 Å². The van der Waals surface area contributed by atoms with Gasteiger partial charge in [0.2, 0.25) is 0 Å². The van der Waals surface area contributed by atoms with Crippen molar-refractivity contribution in [3.8, 4) is 11.5 Å². The summed E-state index contributed by atoms with van der Waals surface area (Å²) < 4.78 is 16.0. The Morgan fingerprint density at radius 3 is 1.92 bits per heavy atom. The van der Waals surface area contributed by atoms with E-state index in [1.54, 1.807) is 21.1 Å². The van der Waals surface area contributed by atoms with Gasteiger partial charge in [0.05, 0.1) is 27.4 Å². The minimum Gasteiger partial charge on any atom is -0.497 e. The average Bonchev–Trinajstić information content (AvgIpc) is 2.67. The maximum Gasteiger partial charge on any atom is 0.155 e. The third-order valence-corrected chi connectivity index (χ3v) is 4.09. The lowest BCUT2D eigenvalue weighted by atomic mass is 10.0. The SMILES string of the molecule is COc1ccc(COCC/C=C(\Cc2ccc(OC)cc2)C(C)=O)cc1. The molecule has 4 heteroatoms. The van der Waals surface area contributed by atoms with Gasteiger partial charge in [0.25, 0.3) is 0 Å². The summed E-state index contributed by atoms with van der Waals surface area (Å²) in [4.78, 5) is 11.9. The third kappa shape index (κ3) is 6.37. The molecule has 0 N–H and O–H groups in total. The van der Waals surface area contributed by atoms with Gasteiger partial charge in [-0.15, -0.1) is 0 Å². The zero-order valence-corrected chi connectivity index (χ0v) is 15.7. The summed E-state index contributed by atoms with van der Waals surface area (Å²) in [5.74, 6) is 1.74. The van der Waals surface area contributed by atoms with Crippen molar-refractivity contribution in [2.75, 3.05) is 20.8 Å². The van der Waals surface area contributed by atoms with Crippen molar-refractivity contribution >= 4 is 5.78 Å². The van der Waals surface area contributed by atoms with Crippen molar-refractivity contribution < 1.29 is 19.0 Å². The zero-order valence-electron chi connectivity index (χ0n) is 15.7. The quantitative estimate of drug-likeness (QED) is 0.469. The maximum absolute atomic E-state index is 11.9. The predicted molar refractivity (Wildman–Crippen MR) is 103 cm³/mol. The fourth-order valence-electron chi connectivity index (χ4n) is 2.53. The molecule has 0 aliphatic rings. The second-order valence-electron chi connectivity index (χ2n) is 6.00. The first-order chi connectivity index (χ1) is 12.6. The topological polar surface area (TPSA) is 44.8 Å². The van der Waals surface area contributed by atoms with E-state index in [1.807, 2.05) is 54.6 Å². The van der Waals surface area contributed by atoms with E-state index >= 15 is 0 Å². The Kier molecular flexibility index (Phi) is 7.90. The second-order valence-corrected chi connectivity index (χ2v) is 6.00. The Labute approximate surface area is 155 Å². The number of carbonyl (C=O) groups is 1. The van der Waals surface area contributed by atoms with Gasteiger partial charge in [0.1, 0.15) is 11.5 Å². The molecule has 138 valence electrons. The van der Waals surface area contributed by atoms with Gasteiger partial charge in [0, 0.05) is 6.42 Å². The van der Waals surface area contributed by atoms with Crippen LogP contribution in [-0.4, -0.2) is 26.6 Å². The number of allylic oxidation sites excluding steroid dienone is 1. The minimum absolute atomic E-state index is 0.0935. The Morgan fingerprint density at radius 2 is 1.42 bits per heavy atom. The Bertz CT molecular complexity index is 715. The number of hydrogen-bond donors (Lipinski definition) is 0. The van der Waals surface area contributed by atoms with Crippen LogP contribution in [0.4, 0.5) is 0 Å².